The van der Waals surface area contributed by atoms with Crippen LogP contribution in [-0.4, -0.2) is 21.8 Å². The van der Waals surface area contributed by atoms with E-state index in [0.717, 1.165) is 0 Å². The summed E-state index contributed by atoms with van der Waals surface area (Å²) in [6.45, 7) is 0. The Labute approximate surface area is 66.8 Å². The molecular formula is C4H6N6S. The van der Waals surface area contributed by atoms with Crippen LogP contribution in [0.15, 0.2) is 15.6 Å². The third-order valence-corrected chi connectivity index (χ3v) is 1.26. The van der Waals surface area contributed by atoms with Crippen molar-refractivity contribution in [3.05, 3.63) is 11.1 Å². The Morgan fingerprint density at radius 1 is 1.64 bits per heavy atom. The van der Waals surface area contributed by atoms with Crippen molar-refractivity contribution < 1.29 is 0 Å². The fourth-order valence-corrected chi connectivity index (χ4v) is 0.787. The molecule has 0 atom stereocenters. The first-order valence-corrected chi connectivity index (χ1v) is 3.51. The van der Waals surface area contributed by atoms with E-state index in [1.165, 1.54) is 17.7 Å². The van der Waals surface area contributed by atoms with E-state index in [-0.39, 0.29) is 5.96 Å². The van der Waals surface area contributed by atoms with Gasteiger partial charge in [0, 0.05) is 5.38 Å². The van der Waals surface area contributed by atoms with Gasteiger partial charge in [0.2, 0.25) is 5.96 Å². The fraction of sp³-hybridized carbons (Fsp3) is 0. The van der Waals surface area contributed by atoms with Gasteiger partial charge in [-0.3, -0.25) is 0 Å². The van der Waals surface area contributed by atoms with Crippen molar-refractivity contribution in [1.82, 2.24) is 9.59 Å². The molecule has 1 aromatic heterocycles. The van der Waals surface area contributed by atoms with Crippen LogP contribution in [0.3, 0.4) is 0 Å². The van der Waals surface area contributed by atoms with Crippen molar-refractivity contribution in [3.63, 3.8) is 0 Å². The van der Waals surface area contributed by atoms with E-state index in [0.29, 0.717) is 5.69 Å². The van der Waals surface area contributed by atoms with Gasteiger partial charge in [0.05, 0.1) is 6.21 Å². The molecule has 0 fully saturated rings. The van der Waals surface area contributed by atoms with Crippen LogP contribution in [0.1, 0.15) is 5.69 Å². The molecule has 1 aromatic rings. The van der Waals surface area contributed by atoms with E-state index in [1.807, 2.05) is 0 Å². The van der Waals surface area contributed by atoms with Gasteiger partial charge in [-0.1, -0.05) is 4.49 Å². The van der Waals surface area contributed by atoms with E-state index in [2.05, 4.69) is 19.8 Å². The predicted octanol–water partition coefficient (Wildman–Crippen LogP) is -0.855. The first kappa shape index (κ1) is 7.61. The Morgan fingerprint density at radius 3 is 3.00 bits per heavy atom. The van der Waals surface area contributed by atoms with Crippen LogP contribution in [0.25, 0.3) is 0 Å². The number of hydrogen-bond acceptors (Lipinski definition) is 5. The van der Waals surface area contributed by atoms with Gasteiger partial charge in [0.15, 0.2) is 0 Å². The molecule has 1 rings (SSSR count). The van der Waals surface area contributed by atoms with Crippen LogP contribution in [-0.2, 0) is 0 Å². The highest BCUT2D eigenvalue weighted by molar-refractivity contribution is 7.03. The van der Waals surface area contributed by atoms with Crippen molar-refractivity contribution in [1.29, 1.82) is 0 Å². The molecule has 0 amide bonds. The molecule has 58 valence electrons. The van der Waals surface area contributed by atoms with Gasteiger partial charge in [0.1, 0.15) is 5.69 Å². The minimum absolute atomic E-state index is 0.0792. The highest BCUT2D eigenvalue weighted by Crippen LogP contribution is 1.91. The SMILES string of the molecule is NC(N)=N/N=C/c1csnn1. The topological polar surface area (TPSA) is 103 Å². The minimum atomic E-state index is -0.0792. The van der Waals surface area contributed by atoms with Crippen LogP contribution in [0.5, 0.6) is 0 Å². The highest BCUT2D eigenvalue weighted by Gasteiger charge is 1.87. The number of nitrogens with two attached hydrogens (primary N) is 2. The molecule has 0 saturated heterocycles. The lowest BCUT2D eigenvalue weighted by Crippen LogP contribution is -2.21. The third kappa shape index (κ3) is 2.72. The monoisotopic (exact) mass is 170 g/mol. The lowest BCUT2D eigenvalue weighted by molar-refractivity contribution is 1.13. The zero-order valence-electron chi connectivity index (χ0n) is 5.51. The molecule has 0 aromatic carbocycles. The third-order valence-electron chi connectivity index (χ3n) is 0.740. The number of hydrogen-bond donors (Lipinski definition) is 2. The van der Waals surface area contributed by atoms with E-state index < -0.39 is 0 Å². The second-order valence-electron chi connectivity index (χ2n) is 1.60. The van der Waals surface area contributed by atoms with Gasteiger partial charge in [0.25, 0.3) is 0 Å². The molecule has 0 unspecified atom stereocenters. The predicted molar refractivity (Wildman–Crippen MR) is 43.3 cm³/mol. The van der Waals surface area contributed by atoms with Crippen LogP contribution in [0, 0.1) is 0 Å². The molecule has 0 spiro atoms. The van der Waals surface area contributed by atoms with E-state index in [1.54, 1.807) is 5.38 Å². The van der Waals surface area contributed by atoms with E-state index in [9.17, 15) is 0 Å². The van der Waals surface area contributed by atoms with Gasteiger partial charge in [-0.15, -0.1) is 10.2 Å². The van der Waals surface area contributed by atoms with Crippen molar-refractivity contribution in [2.75, 3.05) is 0 Å². The Kier molecular flexibility index (Phi) is 2.50. The molecule has 11 heavy (non-hydrogen) atoms. The summed E-state index contributed by atoms with van der Waals surface area (Å²) in [6, 6.07) is 0. The molecule has 6 nitrogen and oxygen atoms in total. The average molecular weight is 170 g/mol. The molecule has 0 aliphatic rings. The molecule has 1 heterocycles. The van der Waals surface area contributed by atoms with Crippen LogP contribution >= 0.6 is 11.5 Å². The summed E-state index contributed by atoms with van der Waals surface area (Å²) < 4.78 is 3.61. The maximum absolute atomic E-state index is 5.01. The number of aromatic nitrogens is 2. The summed E-state index contributed by atoms with van der Waals surface area (Å²) in [5, 5.41) is 12.3. The van der Waals surface area contributed by atoms with Crippen LogP contribution in [0.2, 0.25) is 0 Å². The van der Waals surface area contributed by atoms with E-state index >= 15 is 0 Å². The standard InChI is InChI=1S/C4H6N6S/c5-4(6)9-7-1-3-2-11-10-8-3/h1-2H,(H4,5,6,9)/b7-1+. The Hall–Kier alpha value is -1.50. The highest BCUT2D eigenvalue weighted by atomic mass is 32.1. The zero-order chi connectivity index (χ0) is 8.10. The van der Waals surface area contributed by atoms with Crippen LogP contribution < -0.4 is 11.5 Å². The van der Waals surface area contributed by atoms with Gasteiger partial charge in [-0.2, -0.15) is 5.10 Å². The maximum atomic E-state index is 5.01. The molecule has 4 N–H and O–H groups in total. The molecule has 0 saturated carbocycles. The largest absolute Gasteiger partial charge is 0.369 e. The van der Waals surface area contributed by atoms with Gasteiger partial charge in [-0.05, 0) is 11.5 Å². The molecule has 7 heteroatoms. The summed E-state index contributed by atoms with van der Waals surface area (Å²) in [5.74, 6) is -0.0792. The van der Waals surface area contributed by atoms with Crippen LogP contribution in [0.4, 0.5) is 0 Å². The first-order chi connectivity index (χ1) is 5.29. The second kappa shape index (κ2) is 3.62. The summed E-state index contributed by atoms with van der Waals surface area (Å²) in [7, 11) is 0. The molecule has 0 aliphatic heterocycles. The smallest absolute Gasteiger partial charge is 0.211 e. The van der Waals surface area contributed by atoms with Gasteiger partial charge in [-0.25, -0.2) is 0 Å². The van der Waals surface area contributed by atoms with Crippen molar-refractivity contribution >= 4 is 23.7 Å². The average Bonchev–Trinajstić information content (AvgIpc) is 2.39. The molecule has 0 radical (unpaired) electrons. The Balaban J connectivity index is 2.56. The molecule has 0 aliphatic carbocycles. The summed E-state index contributed by atoms with van der Waals surface area (Å²) in [4.78, 5) is 0. The molecule has 0 bridgehead atoms. The number of guanidine groups is 1. The summed E-state index contributed by atoms with van der Waals surface area (Å²) in [5.41, 5.74) is 10.7. The lowest BCUT2D eigenvalue weighted by Gasteiger charge is -1.81. The first-order valence-electron chi connectivity index (χ1n) is 2.68. The van der Waals surface area contributed by atoms with E-state index in [4.69, 9.17) is 11.5 Å². The van der Waals surface area contributed by atoms with Crippen molar-refractivity contribution in [3.8, 4) is 0 Å². The summed E-state index contributed by atoms with van der Waals surface area (Å²) in [6.07, 6.45) is 1.42. The maximum Gasteiger partial charge on any atom is 0.211 e. The van der Waals surface area contributed by atoms with Gasteiger partial charge >= 0.3 is 0 Å². The van der Waals surface area contributed by atoms with Crippen molar-refractivity contribution in [2.24, 2.45) is 21.7 Å². The zero-order valence-corrected chi connectivity index (χ0v) is 6.32. The van der Waals surface area contributed by atoms with Gasteiger partial charge < -0.3 is 11.5 Å². The lowest BCUT2D eigenvalue weighted by atomic mass is 10.6. The second-order valence-corrected chi connectivity index (χ2v) is 2.21. The summed E-state index contributed by atoms with van der Waals surface area (Å²) >= 11 is 1.24. The van der Waals surface area contributed by atoms with Crippen molar-refractivity contribution in [2.45, 2.75) is 0 Å². The Bertz CT molecular complexity index is 258. The molecular weight excluding hydrogens is 164 g/mol. The number of nitrogens with zero attached hydrogens (tertiary/aromatic N) is 4. The minimum Gasteiger partial charge on any atom is -0.369 e. The Morgan fingerprint density at radius 2 is 2.45 bits per heavy atom. The normalized spacial score (nSPS) is 10.2. The fourth-order valence-electron chi connectivity index (χ4n) is 0.383. The quantitative estimate of drug-likeness (QED) is 0.342. The number of rotatable bonds is 2.